The quantitative estimate of drug-likeness (QED) is 0.686. The first-order valence-electron chi connectivity index (χ1n) is 7.99. The van der Waals surface area contributed by atoms with Gasteiger partial charge in [-0.15, -0.1) is 0 Å². The lowest BCUT2D eigenvalue weighted by molar-refractivity contribution is -0.129. The molecule has 3 rings (SSSR count). The summed E-state index contributed by atoms with van der Waals surface area (Å²) < 4.78 is 29.2. The zero-order valence-electron chi connectivity index (χ0n) is 15.0. The number of likely N-dealkylation sites (N-methyl/N-ethyl adjacent to an activating group) is 1. The number of aromatic nitrogens is 3. The summed E-state index contributed by atoms with van der Waals surface area (Å²) in [7, 11) is -0.690. The highest BCUT2D eigenvalue weighted by molar-refractivity contribution is 7.92. The molecule has 0 atom stereocenters. The fraction of sp³-hybridized carbons (Fsp3) is 0.235. The number of rotatable bonds is 5. The predicted octanol–water partition coefficient (Wildman–Crippen LogP) is 1.43. The third-order valence-corrected chi connectivity index (χ3v) is 5.44. The van der Waals surface area contributed by atoms with Crippen LogP contribution in [0.15, 0.2) is 35.6 Å². The molecule has 3 aromatic rings. The average Bonchev–Trinajstić information content (AvgIpc) is 3.24. The topological polar surface area (TPSA) is 124 Å². The van der Waals surface area contributed by atoms with Crippen LogP contribution in [0.25, 0.3) is 10.9 Å². The van der Waals surface area contributed by atoms with Gasteiger partial charge in [-0.3, -0.25) is 14.2 Å². The van der Waals surface area contributed by atoms with E-state index in [0.29, 0.717) is 22.2 Å². The van der Waals surface area contributed by atoms with Crippen molar-refractivity contribution in [1.82, 2.24) is 19.7 Å². The molecule has 0 bridgehead atoms. The molecule has 9 nitrogen and oxygen atoms in total. The second-order valence-electron chi connectivity index (χ2n) is 6.26. The normalized spacial score (nSPS) is 11.3. The van der Waals surface area contributed by atoms with Gasteiger partial charge in [-0.2, -0.15) is 10.4 Å². The van der Waals surface area contributed by atoms with Crippen LogP contribution in [-0.2, 0) is 21.4 Å². The molecule has 0 spiro atoms. The Morgan fingerprint density at radius 1 is 1.41 bits per heavy atom. The van der Waals surface area contributed by atoms with E-state index in [1.165, 1.54) is 22.0 Å². The van der Waals surface area contributed by atoms with Crippen molar-refractivity contribution in [3.63, 3.8) is 0 Å². The van der Waals surface area contributed by atoms with Crippen molar-refractivity contribution in [1.29, 1.82) is 5.26 Å². The molecule has 0 saturated carbocycles. The number of nitrogens with one attached hydrogen (secondary N) is 2. The van der Waals surface area contributed by atoms with Crippen LogP contribution in [-0.4, -0.2) is 48.1 Å². The smallest absolute Gasteiger partial charge is 0.265 e. The van der Waals surface area contributed by atoms with E-state index in [2.05, 4.69) is 20.9 Å². The monoisotopic (exact) mass is 386 g/mol. The predicted molar refractivity (Wildman–Crippen MR) is 99.5 cm³/mol. The molecule has 2 heterocycles. The minimum atomic E-state index is -3.91. The van der Waals surface area contributed by atoms with Gasteiger partial charge in [0.2, 0.25) is 5.91 Å². The van der Waals surface area contributed by atoms with E-state index >= 15 is 0 Å². The second kappa shape index (κ2) is 6.77. The van der Waals surface area contributed by atoms with E-state index in [9.17, 15) is 18.5 Å². The largest absolute Gasteiger partial charge is 0.358 e. The van der Waals surface area contributed by atoms with Crippen LogP contribution in [0, 0.1) is 18.3 Å². The Hall–Kier alpha value is -3.32. The molecule has 0 radical (unpaired) electrons. The van der Waals surface area contributed by atoms with Crippen LogP contribution >= 0.6 is 0 Å². The molecule has 0 fully saturated rings. The summed E-state index contributed by atoms with van der Waals surface area (Å²) in [6.45, 7) is 1.79. The van der Waals surface area contributed by atoms with Gasteiger partial charge < -0.3 is 9.88 Å². The molecule has 10 heteroatoms. The molecule has 0 unspecified atom stereocenters. The molecule has 0 aliphatic rings. The number of amides is 1. The van der Waals surface area contributed by atoms with Gasteiger partial charge in [-0.1, -0.05) is 6.07 Å². The Balaban J connectivity index is 1.92. The van der Waals surface area contributed by atoms with E-state index in [0.717, 1.165) is 5.56 Å². The van der Waals surface area contributed by atoms with Crippen molar-refractivity contribution in [3.8, 4) is 6.07 Å². The number of hydrogen-bond donors (Lipinski definition) is 2. The van der Waals surface area contributed by atoms with Crippen molar-refractivity contribution >= 4 is 32.5 Å². The number of aryl methyl sites for hydroxylation is 1. The van der Waals surface area contributed by atoms with Gasteiger partial charge in [0, 0.05) is 31.9 Å². The van der Waals surface area contributed by atoms with Crippen molar-refractivity contribution in [3.05, 3.63) is 41.9 Å². The fourth-order valence-corrected chi connectivity index (χ4v) is 3.67. The number of fused-ring (bicyclic) bond motifs is 1. The number of sulfonamides is 1. The van der Waals surface area contributed by atoms with Crippen LogP contribution in [0.4, 0.5) is 5.69 Å². The molecule has 0 aliphatic carbocycles. The van der Waals surface area contributed by atoms with E-state index in [1.54, 1.807) is 32.4 Å². The Morgan fingerprint density at radius 2 is 2.15 bits per heavy atom. The second-order valence-corrected chi connectivity index (χ2v) is 7.94. The standard InChI is InChI=1S/C17H18N6O3S/c1-11-4-5-14(17-16(11)12(6-18)7-19-17)21-27(25,26)13-8-20-23(9-13)10-15(24)22(2)3/h4-5,7-9,19,21H,10H2,1-3H3. The summed E-state index contributed by atoms with van der Waals surface area (Å²) in [6.07, 6.45) is 4.02. The number of H-pyrrole nitrogens is 1. The highest BCUT2D eigenvalue weighted by atomic mass is 32.2. The van der Waals surface area contributed by atoms with Gasteiger partial charge in [-0.25, -0.2) is 8.42 Å². The number of benzene rings is 1. The SMILES string of the molecule is Cc1ccc(NS(=O)(=O)c2cnn(CC(=O)N(C)C)c2)c2[nH]cc(C#N)c12. The van der Waals surface area contributed by atoms with Crippen molar-refractivity contribution in [2.24, 2.45) is 0 Å². The van der Waals surface area contributed by atoms with Crippen molar-refractivity contribution in [2.45, 2.75) is 18.4 Å². The third-order valence-electron chi connectivity index (χ3n) is 4.12. The van der Waals surface area contributed by atoms with E-state index < -0.39 is 10.0 Å². The average molecular weight is 386 g/mol. The lowest BCUT2D eigenvalue weighted by Crippen LogP contribution is -2.26. The lowest BCUT2D eigenvalue weighted by Gasteiger charge is -2.10. The van der Waals surface area contributed by atoms with Gasteiger partial charge in [0.05, 0.1) is 23.0 Å². The molecule has 27 heavy (non-hydrogen) atoms. The van der Waals surface area contributed by atoms with Gasteiger partial charge in [0.1, 0.15) is 17.5 Å². The van der Waals surface area contributed by atoms with E-state index in [1.807, 2.05) is 6.92 Å². The zero-order valence-corrected chi connectivity index (χ0v) is 15.8. The molecule has 1 aromatic carbocycles. The summed E-state index contributed by atoms with van der Waals surface area (Å²) in [5.41, 5.74) is 2.17. The number of carbonyl (C=O) groups is 1. The summed E-state index contributed by atoms with van der Waals surface area (Å²) in [5, 5.41) is 13.8. The first kappa shape index (κ1) is 18.5. The minimum Gasteiger partial charge on any atom is -0.358 e. The Kier molecular flexibility index (Phi) is 4.63. The van der Waals surface area contributed by atoms with Crippen LogP contribution in [0.2, 0.25) is 0 Å². The third kappa shape index (κ3) is 3.50. The van der Waals surface area contributed by atoms with Crippen LogP contribution in [0.3, 0.4) is 0 Å². The van der Waals surface area contributed by atoms with Crippen LogP contribution in [0.1, 0.15) is 11.1 Å². The number of hydrogen-bond acceptors (Lipinski definition) is 5. The molecule has 140 valence electrons. The van der Waals surface area contributed by atoms with Gasteiger partial charge in [-0.05, 0) is 18.6 Å². The van der Waals surface area contributed by atoms with Crippen molar-refractivity contribution < 1.29 is 13.2 Å². The maximum atomic E-state index is 12.7. The fourth-order valence-electron chi connectivity index (χ4n) is 2.65. The maximum Gasteiger partial charge on any atom is 0.265 e. The summed E-state index contributed by atoms with van der Waals surface area (Å²) in [5.74, 6) is -0.203. The first-order valence-corrected chi connectivity index (χ1v) is 9.47. The minimum absolute atomic E-state index is 0.0561. The maximum absolute atomic E-state index is 12.7. The lowest BCUT2D eigenvalue weighted by atomic mass is 10.1. The molecule has 2 N–H and O–H groups in total. The zero-order chi connectivity index (χ0) is 19.8. The molecule has 2 aromatic heterocycles. The molecule has 1 amide bonds. The van der Waals surface area contributed by atoms with Gasteiger partial charge in [0.15, 0.2) is 0 Å². The highest BCUT2D eigenvalue weighted by Crippen LogP contribution is 2.29. The summed E-state index contributed by atoms with van der Waals surface area (Å²) >= 11 is 0. The van der Waals surface area contributed by atoms with Crippen molar-refractivity contribution in [2.75, 3.05) is 18.8 Å². The Morgan fingerprint density at radius 3 is 2.81 bits per heavy atom. The Bertz CT molecular complexity index is 1170. The first-order chi connectivity index (χ1) is 12.7. The number of anilines is 1. The van der Waals surface area contributed by atoms with Gasteiger partial charge in [0.25, 0.3) is 10.0 Å². The molecule has 0 saturated heterocycles. The number of nitrogens with zero attached hydrogens (tertiary/aromatic N) is 4. The number of aromatic amines is 1. The number of nitriles is 1. The van der Waals surface area contributed by atoms with Gasteiger partial charge >= 0.3 is 0 Å². The summed E-state index contributed by atoms with van der Waals surface area (Å²) in [4.78, 5) is 16.0. The van der Waals surface area contributed by atoms with E-state index in [-0.39, 0.29) is 17.3 Å². The van der Waals surface area contributed by atoms with Crippen LogP contribution in [0.5, 0.6) is 0 Å². The number of carbonyl (C=O) groups excluding carboxylic acids is 1. The van der Waals surface area contributed by atoms with Crippen LogP contribution < -0.4 is 4.72 Å². The highest BCUT2D eigenvalue weighted by Gasteiger charge is 2.20. The summed E-state index contributed by atoms with van der Waals surface area (Å²) in [6, 6.07) is 5.46. The molecule has 0 aliphatic heterocycles. The van der Waals surface area contributed by atoms with E-state index in [4.69, 9.17) is 0 Å². The Labute approximate surface area is 156 Å². The molecular formula is C17H18N6O3S. The molecular weight excluding hydrogens is 368 g/mol.